The summed E-state index contributed by atoms with van der Waals surface area (Å²) < 4.78 is 28.5. The molecule has 2 heterocycles. The summed E-state index contributed by atoms with van der Waals surface area (Å²) in [6.07, 6.45) is 4.09. The molecule has 2 aliphatic rings. The fourth-order valence-electron chi connectivity index (χ4n) is 2.80. The minimum absolute atomic E-state index is 0.200. The van der Waals surface area contributed by atoms with E-state index in [0.29, 0.717) is 21.0 Å². The van der Waals surface area contributed by atoms with Gasteiger partial charge in [-0.25, -0.2) is 8.42 Å². The van der Waals surface area contributed by atoms with E-state index < -0.39 is 10.0 Å². The zero-order valence-electron chi connectivity index (χ0n) is 12.1. The fraction of sp³-hybridized carbons (Fsp3) is 0.714. The molecular weight excluding hydrogens is 328 g/mol. The van der Waals surface area contributed by atoms with Crippen molar-refractivity contribution in [3.8, 4) is 0 Å². The van der Waals surface area contributed by atoms with Gasteiger partial charge in [-0.05, 0) is 63.2 Å². The third kappa shape index (κ3) is 3.45. The molecule has 0 bridgehead atoms. The highest BCUT2D eigenvalue weighted by Crippen LogP contribution is 2.38. The number of piperidine rings is 1. The molecule has 0 atom stereocenters. The van der Waals surface area contributed by atoms with Crippen molar-refractivity contribution in [2.75, 3.05) is 19.6 Å². The Labute approximate surface area is 135 Å². The van der Waals surface area contributed by atoms with Gasteiger partial charge in [0.2, 0.25) is 0 Å². The van der Waals surface area contributed by atoms with Gasteiger partial charge < -0.3 is 5.32 Å². The van der Waals surface area contributed by atoms with Crippen molar-refractivity contribution < 1.29 is 8.42 Å². The molecule has 4 nitrogen and oxygen atoms in total. The van der Waals surface area contributed by atoms with Crippen LogP contribution >= 0.6 is 22.9 Å². The van der Waals surface area contributed by atoms with Gasteiger partial charge in [0.1, 0.15) is 4.21 Å². The molecule has 118 valence electrons. The van der Waals surface area contributed by atoms with Gasteiger partial charge in [-0.15, -0.1) is 11.3 Å². The molecule has 1 aliphatic carbocycles. The average Bonchev–Trinajstić information content (AvgIpc) is 3.23. The van der Waals surface area contributed by atoms with Gasteiger partial charge in [0, 0.05) is 12.6 Å². The molecule has 1 N–H and O–H groups in total. The van der Waals surface area contributed by atoms with Crippen LogP contribution in [0, 0.1) is 12.8 Å². The summed E-state index contributed by atoms with van der Waals surface area (Å²) in [7, 11) is -3.39. The molecule has 0 spiro atoms. The van der Waals surface area contributed by atoms with Crippen LogP contribution in [0.4, 0.5) is 0 Å². The fourth-order valence-corrected chi connectivity index (χ4v) is 6.40. The zero-order chi connectivity index (χ0) is 15.0. The van der Waals surface area contributed by atoms with Crippen molar-refractivity contribution in [3.63, 3.8) is 0 Å². The third-order valence-corrected chi connectivity index (χ3v) is 8.17. The van der Waals surface area contributed by atoms with E-state index in [1.807, 2.05) is 6.92 Å². The molecule has 1 saturated heterocycles. The molecule has 1 aliphatic heterocycles. The summed E-state index contributed by atoms with van der Waals surface area (Å²) >= 11 is 7.23. The van der Waals surface area contributed by atoms with Crippen LogP contribution in [0.3, 0.4) is 0 Å². The van der Waals surface area contributed by atoms with Gasteiger partial charge in [0.25, 0.3) is 10.0 Å². The Morgan fingerprint density at radius 1 is 1.33 bits per heavy atom. The average molecular weight is 349 g/mol. The number of nitrogens with zero attached hydrogens (tertiary/aromatic N) is 1. The maximum atomic E-state index is 12.9. The van der Waals surface area contributed by atoms with Crippen LogP contribution in [0.25, 0.3) is 0 Å². The summed E-state index contributed by atoms with van der Waals surface area (Å²) in [5.74, 6) is 0.471. The molecule has 0 aromatic carbocycles. The molecule has 0 amide bonds. The number of sulfonamides is 1. The van der Waals surface area contributed by atoms with E-state index in [4.69, 9.17) is 11.6 Å². The summed E-state index contributed by atoms with van der Waals surface area (Å²) in [5.41, 5.74) is 0.845. The number of halogens is 1. The number of aryl methyl sites for hydroxylation is 1. The van der Waals surface area contributed by atoms with E-state index in [0.717, 1.165) is 44.3 Å². The summed E-state index contributed by atoms with van der Waals surface area (Å²) in [5, 5.41) is 3.33. The van der Waals surface area contributed by atoms with E-state index in [1.54, 1.807) is 10.4 Å². The quantitative estimate of drug-likeness (QED) is 0.890. The maximum absolute atomic E-state index is 12.9. The Morgan fingerprint density at radius 2 is 2.00 bits per heavy atom. The predicted molar refractivity (Wildman–Crippen MR) is 86.6 cm³/mol. The number of hydrogen-bond donors (Lipinski definition) is 1. The highest BCUT2D eigenvalue weighted by molar-refractivity contribution is 7.91. The predicted octanol–water partition coefficient (Wildman–Crippen LogP) is 2.86. The van der Waals surface area contributed by atoms with Crippen LogP contribution in [0.15, 0.2) is 10.3 Å². The first kappa shape index (κ1) is 15.7. The van der Waals surface area contributed by atoms with Crippen LogP contribution in [0.2, 0.25) is 4.34 Å². The maximum Gasteiger partial charge on any atom is 0.252 e. The number of rotatable bonds is 5. The lowest BCUT2D eigenvalue weighted by molar-refractivity contribution is 0.283. The largest absolute Gasteiger partial charge is 0.317 e. The number of thiophene rings is 1. The van der Waals surface area contributed by atoms with Crippen LogP contribution in [-0.2, 0) is 10.0 Å². The van der Waals surface area contributed by atoms with E-state index in [1.165, 1.54) is 11.3 Å². The Balaban J connectivity index is 1.82. The molecule has 0 radical (unpaired) electrons. The minimum Gasteiger partial charge on any atom is -0.317 e. The van der Waals surface area contributed by atoms with E-state index in [2.05, 4.69) is 5.32 Å². The van der Waals surface area contributed by atoms with Gasteiger partial charge in [-0.3, -0.25) is 0 Å². The van der Waals surface area contributed by atoms with Crippen molar-refractivity contribution in [2.45, 2.75) is 42.9 Å². The molecule has 0 unspecified atom stereocenters. The van der Waals surface area contributed by atoms with Gasteiger partial charge in [-0.2, -0.15) is 4.31 Å². The van der Waals surface area contributed by atoms with E-state index in [-0.39, 0.29) is 6.04 Å². The summed E-state index contributed by atoms with van der Waals surface area (Å²) in [4.78, 5) is 0. The first-order chi connectivity index (χ1) is 9.98. The van der Waals surface area contributed by atoms with Crippen molar-refractivity contribution >= 4 is 33.0 Å². The molecule has 21 heavy (non-hydrogen) atoms. The number of hydrogen-bond acceptors (Lipinski definition) is 4. The van der Waals surface area contributed by atoms with Crippen molar-refractivity contribution in [1.29, 1.82) is 0 Å². The Morgan fingerprint density at radius 3 is 2.52 bits per heavy atom. The number of nitrogens with one attached hydrogen (secondary N) is 1. The van der Waals surface area contributed by atoms with Crippen LogP contribution in [-0.4, -0.2) is 38.4 Å². The van der Waals surface area contributed by atoms with Gasteiger partial charge >= 0.3 is 0 Å². The Hall–Kier alpha value is -0.140. The van der Waals surface area contributed by atoms with Gasteiger partial charge in [0.15, 0.2) is 0 Å². The van der Waals surface area contributed by atoms with Crippen molar-refractivity contribution in [3.05, 3.63) is 16.0 Å². The first-order valence-electron chi connectivity index (χ1n) is 7.47. The molecule has 1 aromatic heterocycles. The van der Waals surface area contributed by atoms with Crippen LogP contribution in [0.5, 0.6) is 0 Å². The van der Waals surface area contributed by atoms with Crippen molar-refractivity contribution in [2.24, 2.45) is 5.92 Å². The molecule has 1 aromatic rings. The first-order valence-corrected chi connectivity index (χ1v) is 10.1. The highest BCUT2D eigenvalue weighted by atomic mass is 35.5. The SMILES string of the molecule is Cc1cc(S(=O)(=O)N(CC2CCNCC2)C2CC2)sc1Cl. The highest BCUT2D eigenvalue weighted by Gasteiger charge is 2.40. The second kappa shape index (κ2) is 6.16. The standard InChI is InChI=1S/C14H21ClN2O2S2/c1-10-8-13(20-14(10)15)21(18,19)17(12-2-3-12)9-11-4-6-16-7-5-11/h8,11-12,16H,2-7,9H2,1H3. The zero-order valence-corrected chi connectivity index (χ0v) is 14.5. The second-order valence-corrected chi connectivity index (χ2v) is 9.79. The Kier molecular flexibility index (Phi) is 4.62. The molecule has 1 saturated carbocycles. The molecular formula is C14H21ClN2O2S2. The van der Waals surface area contributed by atoms with E-state index >= 15 is 0 Å². The smallest absolute Gasteiger partial charge is 0.252 e. The lowest BCUT2D eigenvalue weighted by Crippen LogP contribution is -2.40. The lowest BCUT2D eigenvalue weighted by atomic mass is 9.98. The normalized spacial score (nSPS) is 21.1. The van der Waals surface area contributed by atoms with Crippen LogP contribution < -0.4 is 5.32 Å². The van der Waals surface area contributed by atoms with Crippen LogP contribution in [0.1, 0.15) is 31.2 Å². The minimum atomic E-state index is -3.39. The molecule has 7 heteroatoms. The molecule has 2 fully saturated rings. The summed E-state index contributed by atoms with van der Waals surface area (Å²) in [6.45, 7) is 4.50. The second-order valence-electron chi connectivity index (χ2n) is 6.02. The topological polar surface area (TPSA) is 49.4 Å². The van der Waals surface area contributed by atoms with Gasteiger partial charge in [-0.1, -0.05) is 11.6 Å². The molecule has 3 rings (SSSR count). The van der Waals surface area contributed by atoms with E-state index in [9.17, 15) is 8.42 Å². The monoisotopic (exact) mass is 348 g/mol. The van der Waals surface area contributed by atoms with Gasteiger partial charge in [0.05, 0.1) is 4.34 Å². The third-order valence-electron chi connectivity index (χ3n) is 4.25. The van der Waals surface area contributed by atoms with Crippen molar-refractivity contribution in [1.82, 2.24) is 9.62 Å². The lowest BCUT2D eigenvalue weighted by Gasteiger charge is -2.29. The summed E-state index contributed by atoms with van der Waals surface area (Å²) in [6, 6.07) is 1.91. The Bertz CT molecular complexity index is 585.